The summed E-state index contributed by atoms with van der Waals surface area (Å²) in [5.74, 6) is -0.255. The molecule has 74 valence electrons. The minimum Gasteiger partial charge on any atom is -0.392 e. The molecular weight excluding hydrogens is 186 g/mol. The second-order valence-electron chi connectivity index (χ2n) is 3.46. The van der Waals surface area contributed by atoms with E-state index in [1.165, 1.54) is 0 Å². The van der Waals surface area contributed by atoms with Crippen LogP contribution in [0.25, 0.3) is 0 Å². The third-order valence-corrected chi connectivity index (χ3v) is 2.92. The third kappa shape index (κ3) is 2.38. The first kappa shape index (κ1) is 10.4. The molecule has 4 nitrogen and oxygen atoms in total. The van der Waals surface area contributed by atoms with Crippen molar-refractivity contribution < 1.29 is 4.79 Å². The molecule has 1 fully saturated rings. The van der Waals surface area contributed by atoms with Crippen molar-refractivity contribution in [2.24, 2.45) is 17.4 Å². The molecule has 0 spiro atoms. The maximum atomic E-state index is 10.9. The van der Waals surface area contributed by atoms with Crippen molar-refractivity contribution >= 4 is 23.1 Å². The summed E-state index contributed by atoms with van der Waals surface area (Å²) in [5, 5.41) is 0. The van der Waals surface area contributed by atoms with Crippen molar-refractivity contribution in [3.8, 4) is 0 Å². The number of nitrogens with zero attached hydrogens (tertiary/aromatic N) is 1. The lowest BCUT2D eigenvalue weighted by atomic mass is 10.1. The van der Waals surface area contributed by atoms with Crippen LogP contribution >= 0.6 is 12.2 Å². The van der Waals surface area contributed by atoms with Crippen LogP contribution in [0, 0.1) is 5.92 Å². The molecule has 5 heteroatoms. The van der Waals surface area contributed by atoms with E-state index in [0.717, 1.165) is 13.0 Å². The lowest BCUT2D eigenvalue weighted by Gasteiger charge is -2.22. The topological polar surface area (TPSA) is 72.3 Å². The van der Waals surface area contributed by atoms with Gasteiger partial charge in [-0.25, -0.2) is 0 Å². The van der Waals surface area contributed by atoms with Gasteiger partial charge in [-0.1, -0.05) is 12.2 Å². The normalized spacial score (nSPS) is 25.8. The van der Waals surface area contributed by atoms with E-state index in [9.17, 15) is 4.79 Å². The first-order valence-electron chi connectivity index (χ1n) is 4.35. The second kappa shape index (κ2) is 4.02. The minimum atomic E-state index is -0.224. The van der Waals surface area contributed by atoms with E-state index in [4.69, 9.17) is 23.7 Å². The first-order chi connectivity index (χ1) is 6.02. The van der Waals surface area contributed by atoms with E-state index < -0.39 is 0 Å². The molecule has 2 unspecified atom stereocenters. The average molecular weight is 201 g/mol. The van der Waals surface area contributed by atoms with Crippen LogP contribution in [0.15, 0.2) is 0 Å². The predicted molar refractivity (Wildman–Crippen MR) is 55.1 cm³/mol. The van der Waals surface area contributed by atoms with Gasteiger partial charge >= 0.3 is 0 Å². The third-order valence-electron chi connectivity index (χ3n) is 2.58. The van der Waals surface area contributed by atoms with Crippen LogP contribution in [-0.4, -0.2) is 34.9 Å². The highest BCUT2D eigenvalue weighted by atomic mass is 32.1. The van der Waals surface area contributed by atoms with Crippen molar-refractivity contribution in [1.29, 1.82) is 0 Å². The number of nitrogens with two attached hydrogens (primary N) is 2. The van der Waals surface area contributed by atoms with E-state index in [2.05, 4.69) is 4.90 Å². The molecule has 13 heavy (non-hydrogen) atoms. The van der Waals surface area contributed by atoms with Gasteiger partial charge in [-0.15, -0.1) is 0 Å². The van der Waals surface area contributed by atoms with Crippen molar-refractivity contribution in [3.05, 3.63) is 0 Å². The fraction of sp³-hybridized carbons (Fsp3) is 0.750. The van der Waals surface area contributed by atoms with Crippen LogP contribution in [0.3, 0.4) is 0 Å². The van der Waals surface area contributed by atoms with Crippen LogP contribution in [0.5, 0.6) is 0 Å². The Morgan fingerprint density at radius 2 is 2.23 bits per heavy atom. The molecule has 0 aliphatic carbocycles. The number of thiocarbonyl (C=S) groups is 1. The molecule has 0 aromatic carbocycles. The molecule has 1 saturated heterocycles. The van der Waals surface area contributed by atoms with Crippen LogP contribution < -0.4 is 11.5 Å². The number of rotatable bonds is 3. The van der Waals surface area contributed by atoms with Crippen LogP contribution in [0.4, 0.5) is 0 Å². The van der Waals surface area contributed by atoms with E-state index in [1.807, 2.05) is 6.92 Å². The second-order valence-corrected chi connectivity index (χ2v) is 3.93. The molecule has 0 aromatic heterocycles. The SMILES string of the molecule is CC(C(N)=S)N1CCC(C(N)=O)C1. The van der Waals surface area contributed by atoms with Gasteiger partial charge in [0, 0.05) is 6.54 Å². The number of hydrogen-bond acceptors (Lipinski definition) is 3. The summed E-state index contributed by atoms with van der Waals surface area (Å²) in [5.41, 5.74) is 10.7. The Bertz CT molecular complexity index is 231. The van der Waals surface area contributed by atoms with Crippen molar-refractivity contribution in [2.45, 2.75) is 19.4 Å². The van der Waals surface area contributed by atoms with E-state index in [1.54, 1.807) is 0 Å². The summed E-state index contributed by atoms with van der Waals surface area (Å²) >= 11 is 4.88. The van der Waals surface area contributed by atoms with E-state index >= 15 is 0 Å². The zero-order valence-corrected chi connectivity index (χ0v) is 8.51. The highest BCUT2D eigenvalue weighted by Gasteiger charge is 2.29. The molecule has 1 heterocycles. The Kier molecular flexibility index (Phi) is 3.22. The zero-order chi connectivity index (χ0) is 10.0. The molecule has 1 aliphatic rings. The molecule has 4 N–H and O–H groups in total. The Morgan fingerprint density at radius 3 is 2.62 bits per heavy atom. The standard InChI is InChI=1S/C8H15N3OS/c1-5(8(10)13)11-3-2-6(4-11)7(9)12/h5-6H,2-4H2,1H3,(H2,9,12)(H2,10,13). The number of hydrogen-bond donors (Lipinski definition) is 2. The molecule has 1 aliphatic heterocycles. The van der Waals surface area contributed by atoms with Crippen LogP contribution in [-0.2, 0) is 4.79 Å². The molecule has 2 atom stereocenters. The van der Waals surface area contributed by atoms with Gasteiger partial charge in [0.2, 0.25) is 5.91 Å². The Morgan fingerprint density at radius 1 is 1.62 bits per heavy atom. The van der Waals surface area contributed by atoms with Gasteiger partial charge in [0.15, 0.2) is 0 Å². The minimum absolute atomic E-state index is 0.0307. The van der Waals surface area contributed by atoms with Gasteiger partial charge in [-0.2, -0.15) is 0 Å². The number of amides is 1. The lowest BCUT2D eigenvalue weighted by Crippen LogP contribution is -2.41. The summed E-state index contributed by atoms with van der Waals surface area (Å²) in [6.07, 6.45) is 0.822. The van der Waals surface area contributed by atoms with Crippen molar-refractivity contribution in [1.82, 2.24) is 4.90 Å². The Labute approximate surface area is 83.2 Å². The van der Waals surface area contributed by atoms with Crippen molar-refractivity contribution in [3.63, 3.8) is 0 Å². The first-order valence-corrected chi connectivity index (χ1v) is 4.76. The highest BCUT2D eigenvalue weighted by molar-refractivity contribution is 7.80. The largest absolute Gasteiger partial charge is 0.392 e. The molecule has 0 aromatic rings. The fourth-order valence-corrected chi connectivity index (χ4v) is 1.70. The number of primary amides is 1. The van der Waals surface area contributed by atoms with Gasteiger partial charge in [-0.3, -0.25) is 9.69 Å². The van der Waals surface area contributed by atoms with Gasteiger partial charge < -0.3 is 11.5 Å². The molecule has 1 amide bonds. The van der Waals surface area contributed by atoms with Crippen LogP contribution in [0.2, 0.25) is 0 Å². The summed E-state index contributed by atoms with van der Waals surface area (Å²) in [6, 6.07) is 0.0688. The predicted octanol–water partition coefficient (Wildman–Crippen LogP) is -0.532. The number of likely N-dealkylation sites (tertiary alicyclic amines) is 1. The van der Waals surface area contributed by atoms with Gasteiger partial charge in [0.05, 0.1) is 16.9 Å². The Balaban J connectivity index is 2.49. The van der Waals surface area contributed by atoms with E-state index in [0.29, 0.717) is 11.5 Å². The molecular formula is C8H15N3OS. The fourth-order valence-electron chi connectivity index (χ4n) is 1.55. The maximum absolute atomic E-state index is 10.9. The number of carbonyl (C=O) groups excluding carboxylic acids is 1. The summed E-state index contributed by atoms with van der Waals surface area (Å²) < 4.78 is 0. The van der Waals surface area contributed by atoms with Gasteiger partial charge in [0.25, 0.3) is 0 Å². The molecule has 0 bridgehead atoms. The zero-order valence-electron chi connectivity index (χ0n) is 7.69. The smallest absolute Gasteiger partial charge is 0.221 e. The monoisotopic (exact) mass is 201 g/mol. The lowest BCUT2D eigenvalue weighted by molar-refractivity contribution is -0.121. The van der Waals surface area contributed by atoms with Crippen LogP contribution in [0.1, 0.15) is 13.3 Å². The van der Waals surface area contributed by atoms with E-state index in [-0.39, 0.29) is 17.9 Å². The summed E-state index contributed by atoms with van der Waals surface area (Å²) in [6.45, 7) is 3.49. The van der Waals surface area contributed by atoms with Crippen molar-refractivity contribution in [2.75, 3.05) is 13.1 Å². The maximum Gasteiger partial charge on any atom is 0.221 e. The summed E-state index contributed by atoms with van der Waals surface area (Å²) in [7, 11) is 0. The number of carbonyl (C=O) groups is 1. The van der Waals surface area contributed by atoms with Gasteiger partial charge in [0.1, 0.15) is 0 Å². The Hall–Kier alpha value is -0.680. The summed E-state index contributed by atoms with van der Waals surface area (Å²) in [4.78, 5) is 13.4. The highest BCUT2D eigenvalue weighted by Crippen LogP contribution is 2.17. The van der Waals surface area contributed by atoms with Gasteiger partial charge in [-0.05, 0) is 19.9 Å². The molecule has 0 saturated carbocycles. The molecule has 1 rings (SSSR count). The quantitative estimate of drug-likeness (QED) is 0.602. The average Bonchev–Trinajstić information content (AvgIpc) is 2.50. The molecule has 0 radical (unpaired) electrons.